The van der Waals surface area contributed by atoms with Gasteiger partial charge in [-0.1, -0.05) is 6.07 Å². The molecule has 3 N–H and O–H groups in total. The minimum Gasteiger partial charge on any atom is -0.379 e. The number of halogens is 3. The van der Waals surface area contributed by atoms with Crippen LogP contribution in [-0.2, 0) is 45.9 Å². The van der Waals surface area contributed by atoms with Crippen LogP contribution in [-0.4, -0.2) is 145 Å². The number of hydrogen-bond acceptors (Lipinski definition) is 13. The lowest BCUT2D eigenvalue weighted by Crippen LogP contribution is -2.39. The Bertz CT molecular complexity index is 2150. The molecule has 0 bridgehead atoms. The molecule has 17 nitrogen and oxygen atoms in total. The Morgan fingerprint density at radius 1 is 0.857 bits per heavy atom. The number of aromatic nitrogens is 4. The van der Waals surface area contributed by atoms with Crippen molar-refractivity contribution in [2.75, 3.05) is 91.4 Å². The third-order valence-electron chi connectivity index (χ3n) is 10.6. The van der Waals surface area contributed by atoms with Crippen LogP contribution < -0.4 is 16.0 Å². The van der Waals surface area contributed by atoms with E-state index in [9.17, 15) is 32.3 Å². The number of nitrogens with one attached hydrogen (secondary N) is 3. The molecule has 20 heteroatoms. The van der Waals surface area contributed by atoms with E-state index in [2.05, 4.69) is 35.9 Å². The highest BCUT2D eigenvalue weighted by molar-refractivity contribution is 5.95. The second-order valence-corrected chi connectivity index (χ2v) is 14.9. The fourth-order valence-corrected chi connectivity index (χ4v) is 7.38. The molecule has 63 heavy (non-hydrogen) atoms. The maximum absolute atomic E-state index is 13.3. The lowest BCUT2D eigenvalue weighted by atomic mass is 9.94. The third-order valence-corrected chi connectivity index (χ3v) is 10.6. The number of ether oxygens (including phenoxy) is 4. The van der Waals surface area contributed by atoms with E-state index < -0.39 is 23.7 Å². The van der Waals surface area contributed by atoms with Crippen LogP contribution in [0.1, 0.15) is 52.5 Å². The molecule has 4 aromatic rings. The van der Waals surface area contributed by atoms with Crippen molar-refractivity contribution in [2.45, 2.75) is 43.9 Å². The van der Waals surface area contributed by atoms with Crippen molar-refractivity contribution in [1.82, 2.24) is 40.4 Å². The van der Waals surface area contributed by atoms with E-state index in [1.807, 2.05) is 6.07 Å². The molecule has 0 unspecified atom stereocenters. The smallest absolute Gasteiger partial charge is 0.379 e. The summed E-state index contributed by atoms with van der Waals surface area (Å²) in [7, 11) is 1.70. The first-order chi connectivity index (χ1) is 30.5. The molecular formula is C43H52F3N9O8. The van der Waals surface area contributed by atoms with Crippen LogP contribution in [0.5, 0.6) is 0 Å². The highest BCUT2D eigenvalue weighted by atomic mass is 19.4. The van der Waals surface area contributed by atoms with Crippen LogP contribution in [0.25, 0.3) is 10.9 Å². The zero-order chi connectivity index (χ0) is 44.6. The highest BCUT2D eigenvalue weighted by Gasteiger charge is 2.42. The highest BCUT2D eigenvalue weighted by Crippen LogP contribution is 2.37. The van der Waals surface area contributed by atoms with Gasteiger partial charge in [0.1, 0.15) is 18.2 Å². The number of carbonyl (C=O) groups excluding carboxylic acids is 4. The van der Waals surface area contributed by atoms with E-state index in [1.165, 1.54) is 12.4 Å². The summed E-state index contributed by atoms with van der Waals surface area (Å²) in [5, 5.41) is 8.87. The van der Waals surface area contributed by atoms with Crippen LogP contribution in [0.2, 0.25) is 0 Å². The van der Waals surface area contributed by atoms with E-state index in [1.54, 1.807) is 53.6 Å². The lowest BCUT2D eigenvalue weighted by molar-refractivity contribution is -0.137. The van der Waals surface area contributed by atoms with Gasteiger partial charge in [-0.3, -0.25) is 29.1 Å². The number of rotatable bonds is 24. The van der Waals surface area contributed by atoms with E-state index in [0.717, 1.165) is 23.4 Å². The Balaban J connectivity index is 0.758. The minimum absolute atomic E-state index is 0.0780. The maximum atomic E-state index is 13.3. The van der Waals surface area contributed by atoms with Gasteiger partial charge in [0.15, 0.2) is 0 Å². The third kappa shape index (κ3) is 13.3. The van der Waals surface area contributed by atoms with Gasteiger partial charge in [0.05, 0.1) is 69.3 Å². The van der Waals surface area contributed by atoms with Gasteiger partial charge < -0.3 is 44.7 Å². The molecule has 4 amide bonds. The van der Waals surface area contributed by atoms with Crippen LogP contribution in [0, 0.1) is 5.92 Å². The first-order valence-electron chi connectivity index (χ1n) is 20.8. The van der Waals surface area contributed by atoms with Gasteiger partial charge in [-0.2, -0.15) is 13.2 Å². The maximum Gasteiger partial charge on any atom is 0.416 e. The summed E-state index contributed by atoms with van der Waals surface area (Å²) in [6, 6.07) is 9.16. The molecule has 2 fully saturated rings. The molecule has 5 heterocycles. The number of pyridine rings is 2. The van der Waals surface area contributed by atoms with Crippen molar-refractivity contribution >= 4 is 40.3 Å². The number of amides is 4. The van der Waals surface area contributed by atoms with Gasteiger partial charge >= 0.3 is 6.18 Å². The van der Waals surface area contributed by atoms with E-state index in [0.29, 0.717) is 96.3 Å². The standard InChI is InChI=1S/C43H52F3N9O8/c1-54-37(56)26-34(38(54)30-4-2-10-47-27-30)41(58)50-13-17-61-19-21-63-23-22-62-20-18-60-16-3-5-32-24-29(8-11-48-32)40(57)49-12-15-55-14-9-36(42(55)59)53-39-33-25-31(43(44,45)46)6-7-35(33)51-28-52-39/h2,4,6-8,10-11,24-25,27-28,34,36,38H,3,5,9,12-23,26H2,1H3,(H,49,57)(H,50,58)(H,51,52,53)/t34-,36-,38+/m0/s1. The van der Waals surface area contributed by atoms with Gasteiger partial charge in [-0.05, 0) is 61.2 Å². The van der Waals surface area contributed by atoms with Crippen LogP contribution in [0.3, 0.4) is 0 Å². The Kier molecular flexibility index (Phi) is 17.1. The largest absolute Gasteiger partial charge is 0.416 e. The Labute approximate surface area is 362 Å². The lowest BCUT2D eigenvalue weighted by Gasteiger charge is -2.24. The van der Waals surface area contributed by atoms with E-state index in [-0.39, 0.29) is 60.4 Å². The number of aryl methyl sites for hydroxylation is 1. The summed E-state index contributed by atoms with van der Waals surface area (Å²) in [4.78, 5) is 70.9. The van der Waals surface area contributed by atoms with Crippen molar-refractivity contribution in [3.8, 4) is 0 Å². The topological polar surface area (TPSA) is 199 Å². The Hall–Kier alpha value is -5.83. The number of benzene rings is 1. The summed E-state index contributed by atoms with van der Waals surface area (Å²) >= 11 is 0. The molecule has 1 aromatic carbocycles. The minimum atomic E-state index is -4.53. The van der Waals surface area contributed by atoms with Crippen molar-refractivity contribution in [1.29, 1.82) is 0 Å². The van der Waals surface area contributed by atoms with Gasteiger partial charge in [0.2, 0.25) is 17.7 Å². The number of alkyl halides is 3. The molecule has 0 aliphatic carbocycles. The number of anilines is 1. The quantitative estimate of drug-likeness (QED) is 0.0869. The van der Waals surface area contributed by atoms with Gasteiger partial charge in [-0.25, -0.2) is 9.97 Å². The van der Waals surface area contributed by atoms with Crippen LogP contribution in [0.15, 0.2) is 67.4 Å². The second kappa shape index (κ2) is 23.0. The number of nitrogens with zero attached hydrogens (tertiary/aromatic N) is 6. The average Bonchev–Trinajstić information content (AvgIpc) is 3.78. The molecule has 2 saturated heterocycles. The molecule has 6 rings (SSSR count). The summed E-state index contributed by atoms with van der Waals surface area (Å²) in [5.41, 5.74) is 1.49. The fourth-order valence-electron chi connectivity index (χ4n) is 7.38. The predicted molar refractivity (Wildman–Crippen MR) is 222 cm³/mol. The molecule has 0 radical (unpaired) electrons. The van der Waals surface area contributed by atoms with Gasteiger partial charge in [0, 0.05) is 81.5 Å². The second-order valence-electron chi connectivity index (χ2n) is 14.9. The Morgan fingerprint density at radius 2 is 1.60 bits per heavy atom. The number of likely N-dealkylation sites (tertiary alicyclic amines) is 2. The molecule has 2 aliphatic heterocycles. The van der Waals surface area contributed by atoms with Gasteiger partial charge in [-0.15, -0.1) is 0 Å². The molecular weight excluding hydrogens is 828 g/mol. The summed E-state index contributed by atoms with van der Waals surface area (Å²) < 4.78 is 62.3. The molecule has 338 valence electrons. The monoisotopic (exact) mass is 879 g/mol. The first-order valence-corrected chi connectivity index (χ1v) is 20.8. The number of hydrogen-bond donors (Lipinski definition) is 3. The zero-order valence-corrected chi connectivity index (χ0v) is 35.0. The SMILES string of the molecule is CN1C(=O)C[C@H](C(=O)NCCOCCOCCOCCOCCCc2cc(C(=O)NCCN3CC[C@H](Nc4ncnc5ccc(C(F)(F)F)cc45)C3=O)ccn2)[C@H]1c1cccnc1. The summed E-state index contributed by atoms with van der Waals surface area (Å²) in [6.45, 7) is 4.35. The molecule has 3 atom stereocenters. The summed E-state index contributed by atoms with van der Waals surface area (Å²) in [6.07, 6.45) is 3.47. The van der Waals surface area contributed by atoms with Gasteiger partial charge in [0.25, 0.3) is 5.91 Å². The average molecular weight is 880 g/mol. The normalized spacial score (nSPS) is 17.7. The van der Waals surface area contributed by atoms with E-state index >= 15 is 0 Å². The molecule has 0 saturated carbocycles. The fraction of sp³-hybridized carbons (Fsp3) is 0.488. The first kappa shape index (κ1) is 46.7. The molecule has 2 aliphatic rings. The predicted octanol–water partition coefficient (Wildman–Crippen LogP) is 3.22. The van der Waals surface area contributed by atoms with Crippen LogP contribution >= 0.6 is 0 Å². The zero-order valence-electron chi connectivity index (χ0n) is 35.0. The molecule has 0 spiro atoms. The summed E-state index contributed by atoms with van der Waals surface area (Å²) in [5.74, 6) is -1.15. The van der Waals surface area contributed by atoms with Crippen molar-refractivity contribution in [3.63, 3.8) is 0 Å². The Morgan fingerprint density at radius 3 is 2.33 bits per heavy atom. The van der Waals surface area contributed by atoms with Crippen molar-refractivity contribution in [2.24, 2.45) is 5.92 Å². The van der Waals surface area contributed by atoms with Crippen molar-refractivity contribution < 1.29 is 51.3 Å². The van der Waals surface area contributed by atoms with Crippen molar-refractivity contribution in [3.05, 3.63) is 89.8 Å². The molecule has 3 aromatic heterocycles. The van der Waals surface area contributed by atoms with E-state index in [4.69, 9.17) is 18.9 Å². The van der Waals surface area contributed by atoms with Crippen LogP contribution in [0.4, 0.5) is 19.0 Å². The number of fused-ring (bicyclic) bond motifs is 1. The number of carbonyl (C=O) groups is 4.